The molecule has 0 saturated carbocycles. The number of sulfone groups is 1. The van der Waals surface area contributed by atoms with E-state index in [1.807, 2.05) is 54.6 Å². The van der Waals surface area contributed by atoms with Crippen LogP contribution in [0.4, 0.5) is 0 Å². The molecule has 5 rings (SSSR count). The molecule has 0 fully saturated rings. The van der Waals surface area contributed by atoms with Gasteiger partial charge in [0.15, 0.2) is 21.5 Å². The number of aliphatic hydroxyl groups excluding tert-OH is 1. The van der Waals surface area contributed by atoms with E-state index >= 15 is 0 Å². The number of aliphatic hydroxyl groups is 1. The number of halogens is 1. The number of hydrogen-bond acceptors (Lipinski definition) is 7. The molecular weight excluding hydrogens is 644 g/mol. The molecule has 0 radical (unpaired) electrons. The van der Waals surface area contributed by atoms with Crippen LogP contribution in [0.2, 0.25) is 0 Å². The van der Waals surface area contributed by atoms with Gasteiger partial charge in [0.2, 0.25) is 5.90 Å². The van der Waals surface area contributed by atoms with Crippen LogP contribution in [0.5, 0.6) is 5.75 Å². The van der Waals surface area contributed by atoms with Crippen molar-refractivity contribution in [1.29, 1.82) is 0 Å². The fourth-order valence-electron chi connectivity index (χ4n) is 5.00. The third-order valence-corrected chi connectivity index (χ3v) is 9.82. The van der Waals surface area contributed by atoms with Crippen molar-refractivity contribution in [3.05, 3.63) is 130 Å². The first-order chi connectivity index (χ1) is 21.3. The first-order valence-corrected chi connectivity index (χ1v) is 16.7. The summed E-state index contributed by atoms with van der Waals surface area (Å²) in [5.41, 5.74) is 0.569. The standard InChI is InChI=1S/C34H33BrN2O6S/c35-30-15-8-7-14-29(30)31-34(33(39)36-24-25-10-3-1-4-11-25,20-23-44(40,41)28-12-5-2-6-13-28)37-32(43-31)26-16-18-27(19-17-26)42-22-9-21-38/h1-8,10-19,31,38H,9,20-24H2,(H,36,39)/t31-,34-/m1/s1. The van der Waals surface area contributed by atoms with Gasteiger partial charge in [-0.05, 0) is 48.0 Å². The lowest BCUT2D eigenvalue weighted by Gasteiger charge is -2.31. The fourth-order valence-corrected chi connectivity index (χ4v) is 6.88. The summed E-state index contributed by atoms with van der Waals surface area (Å²) in [4.78, 5) is 19.4. The molecule has 4 aromatic carbocycles. The minimum atomic E-state index is -3.75. The summed E-state index contributed by atoms with van der Waals surface area (Å²) in [5, 5.41) is 12.1. The predicted molar refractivity (Wildman–Crippen MR) is 172 cm³/mol. The largest absolute Gasteiger partial charge is 0.494 e. The van der Waals surface area contributed by atoms with Crippen LogP contribution in [0.15, 0.2) is 124 Å². The minimum Gasteiger partial charge on any atom is -0.494 e. The Kier molecular flexibility index (Phi) is 10.1. The molecule has 0 unspecified atom stereocenters. The molecule has 1 aliphatic rings. The van der Waals surface area contributed by atoms with Crippen LogP contribution < -0.4 is 10.1 Å². The van der Waals surface area contributed by atoms with Gasteiger partial charge in [0.1, 0.15) is 5.75 Å². The molecule has 2 N–H and O–H groups in total. The highest BCUT2D eigenvalue weighted by Crippen LogP contribution is 2.45. The van der Waals surface area contributed by atoms with Crippen molar-refractivity contribution in [2.75, 3.05) is 19.0 Å². The fraction of sp³-hybridized carbons (Fsp3) is 0.235. The molecular formula is C34H33BrN2O6S. The first-order valence-electron chi connectivity index (χ1n) is 14.3. The zero-order valence-electron chi connectivity index (χ0n) is 23.9. The van der Waals surface area contributed by atoms with Gasteiger partial charge in [0, 0.05) is 41.6 Å². The smallest absolute Gasteiger partial charge is 0.252 e. The number of rotatable bonds is 13. The van der Waals surface area contributed by atoms with Gasteiger partial charge < -0.3 is 19.9 Å². The number of amides is 1. The molecule has 4 aromatic rings. The van der Waals surface area contributed by atoms with Crippen LogP contribution in [-0.4, -0.2) is 49.8 Å². The molecule has 228 valence electrons. The van der Waals surface area contributed by atoms with Crippen molar-refractivity contribution in [3.8, 4) is 5.75 Å². The molecule has 1 aliphatic heterocycles. The van der Waals surface area contributed by atoms with E-state index in [1.165, 1.54) is 0 Å². The van der Waals surface area contributed by atoms with Crippen LogP contribution in [-0.2, 0) is 25.9 Å². The van der Waals surface area contributed by atoms with E-state index in [1.54, 1.807) is 54.6 Å². The molecule has 0 saturated heterocycles. The number of carbonyl (C=O) groups is 1. The molecule has 0 aliphatic carbocycles. The van der Waals surface area contributed by atoms with Crippen molar-refractivity contribution >= 4 is 37.6 Å². The van der Waals surface area contributed by atoms with Crippen molar-refractivity contribution in [1.82, 2.24) is 5.32 Å². The van der Waals surface area contributed by atoms with Gasteiger partial charge in [-0.3, -0.25) is 4.79 Å². The molecule has 0 bridgehead atoms. The number of hydrogen-bond donors (Lipinski definition) is 2. The van der Waals surface area contributed by atoms with E-state index in [2.05, 4.69) is 21.2 Å². The summed E-state index contributed by atoms with van der Waals surface area (Å²) >= 11 is 3.61. The van der Waals surface area contributed by atoms with Gasteiger partial charge in [-0.1, -0.05) is 82.7 Å². The first kappa shape index (κ1) is 31.4. The summed E-state index contributed by atoms with van der Waals surface area (Å²) in [6, 6.07) is 32.2. The van der Waals surface area contributed by atoms with Crippen LogP contribution in [0, 0.1) is 0 Å². The predicted octanol–water partition coefficient (Wildman–Crippen LogP) is 5.65. The van der Waals surface area contributed by atoms with Crippen molar-refractivity contribution in [3.63, 3.8) is 0 Å². The zero-order valence-corrected chi connectivity index (χ0v) is 26.3. The Morgan fingerprint density at radius 2 is 1.59 bits per heavy atom. The van der Waals surface area contributed by atoms with E-state index in [9.17, 15) is 13.2 Å². The second kappa shape index (κ2) is 14.2. The number of benzene rings is 4. The monoisotopic (exact) mass is 676 g/mol. The number of ether oxygens (including phenoxy) is 2. The third-order valence-electron chi connectivity index (χ3n) is 7.37. The Hall–Kier alpha value is -3.99. The Morgan fingerprint density at radius 1 is 0.932 bits per heavy atom. The SMILES string of the molecule is O=C(NCc1ccccc1)[C@]1(CCS(=O)(=O)c2ccccc2)N=C(c2ccc(OCCCO)cc2)O[C@@H]1c1ccccc1Br. The summed E-state index contributed by atoms with van der Waals surface area (Å²) in [6.07, 6.45) is -0.532. The Balaban J connectivity index is 1.55. The minimum absolute atomic E-state index is 0.0353. The highest BCUT2D eigenvalue weighted by Gasteiger charge is 2.54. The van der Waals surface area contributed by atoms with Gasteiger partial charge in [-0.25, -0.2) is 13.4 Å². The molecule has 1 amide bonds. The summed E-state index contributed by atoms with van der Waals surface area (Å²) < 4.78 is 39.8. The summed E-state index contributed by atoms with van der Waals surface area (Å²) in [6.45, 7) is 0.645. The topological polar surface area (TPSA) is 114 Å². The number of aliphatic imine (C=N–C) groups is 1. The van der Waals surface area contributed by atoms with Gasteiger partial charge in [0.05, 0.1) is 17.3 Å². The summed E-state index contributed by atoms with van der Waals surface area (Å²) in [5.74, 6) is 0.0713. The highest BCUT2D eigenvalue weighted by atomic mass is 79.9. The molecule has 0 spiro atoms. The number of nitrogens with zero attached hydrogens (tertiary/aromatic N) is 1. The van der Waals surface area contributed by atoms with Crippen LogP contribution >= 0.6 is 15.9 Å². The maximum absolute atomic E-state index is 14.3. The van der Waals surface area contributed by atoms with Gasteiger partial charge in [-0.2, -0.15) is 0 Å². The molecule has 2 atom stereocenters. The van der Waals surface area contributed by atoms with Crippen LogP contribution in [0.3, 0.4) is 0 Å². The molecule has 44 heavy (non-hydrogen) atoms. The highest BCUT2D eigenvalue weighted by molar-refractivity contribution is 9.10. The van der Waals surface area contributed by atoms with Crippen LogP contribution in [0.1, 0.15) is 35.6 Å². The van der Waals surface area contributed by atoms with Crippen molar-refractivity contribution in [2.24, 2.45) is 4.99 Å². The average Bonchev–Trinajstić information content (AvgIpc) is 3.45. The Labute approximate surface area is 265 Å². The quantitative estimate of drug-likeness (QED) is 0.177. The Morgan fingerprint density at radius 3 is 2.27 bits per heavy atom. The maximum Gasteiger partial charge on any atom is 0.252 e. The average molecular weight is 678 g/mol. The number of carbonyl (C=O) groups excluding carboxylic acids is 1. The molecule has 0 aromatic heterocycles. The van der Waals surface area contributed by atoms with E-state index in [-0.39, 0.29) is 36.1 Å². The number of nitrogens with one attached hydrogen (secondary N) is 1. The van der Waals surface area contributed by atoms with Crippen molar-refractivity contribution in [2.45, 2.75) is 35.9 Å². The lowest BCUT2D eigenvalue weighted by molar-refractivity contribution is -0.129. The molecule has 10 heteroatoms. The second-order valence-corrected chi connectivity index (χ2v) is 13.3. The van der Waals surface area contributed by atoms with E-state index in [0.717, 1.165) is 5.56 Å². The lowest BCUT2D eigenvalue weighted by atomic mass is 9.85. The second-order valence-electron chi connectivity index (χ2n) is 10.4. The van der Waals surface area contributed by atoms with Gasteiger partial charge in [-0.15, -0.1) is 0 Å². The molecule has 8 nitrogen and oxygen atoms in total. The third kappa shape index (κ3) is 7.20. The lowest BCUT2D eigenvalue weighted by Crippen LogP contribution is -2.49. The van der Waals surface area contributed by atoms with Crippen molar-refractivity contribution < 1.29 is 27.8 Å². The summed E-state index contributed by atoms with van der Waals surface area (Å²) in [7, 11) is -3.75. The zero-order chi connectivity index (χ0) is 31.0. The van der Waals surface area contributed by atoms with Gasteiger partial charge >= 0.3 is 0 Å². The normalized spacial score (nSPS) is 17.9. The Bertz CT molecular complexity index is 1700. The van der Waals surface area contributed by atoms with E-state index in [4.69, 9.17) is 19.6 Å². The van der Waals surface area contributed by atoms with E-state index in [0.29, 0.717) is 34.4 Å². The van der Waals surface area contributed by atoms with Gasteiger partial charge in [0.25, 0.3) is 5.91 Å². The van der Waals surface area contributed by atoms with E-state index < -0.39 is 27.4 Å². The molecule has 1 heterocycles. The maximum atomic E-state index is 14.3. The van der Waals surface area contributed by atoms with Crippen LogP contribution in [0.25, 0.3) is 0 Å².